The van der Waals surface area contributed by atoms with Gasteiger partial charge in [0.05, 0.1) is 0 Å². The van der Waals surface area contributed by atoms with Crippen molar-refractivity contribution in [1.29, 1.82) is 0 Å². The molecule has 6 nitrogen and oxygen atoms in total. The molecular formula is C10H8FN3O3. The highest BCUT2D eigenvalue weighted by Gasteiger charge is 2.09. The molecule has 1 amide bonds. The van der Waals surface area contributed by atoms with Gasteiger partial charge in [-0.15, -0.1) is 10.2 Å². The van der Waals surface area contributed by atoms with Gasteiger partial charge < -0.3 is 14.9 Å². The number of nitrogens with two attached hydrogens (primary N) is 1. The second-order valence-corrected chi connectivity index (χ2v) is 3.12. The molecule has 17 heavy (non-hydrogen) atoms. The van der Waals surface area contributed by atoms with Gasteiger partial charge >= 0.3 is 6.09 Å². The van der Waals surface area contributed by atoms with Crippen LogP contribution in [0.5, 0.6) is 0 Å². The maximum Gasteiger partial charge on any atom is 0.405 e. The molecule has 0 aliphatic heterocycles. The second kappa shape index (κ2) is 4.60. The van der Waals surface area contributed by atoms with E-state index in [4.69, 9.17) is 10.2 Å². The number of benzene rings is 1. The highest BCUT2D eigenvalue weighted by Crippen LogP contribution is 2.18. The van der Waals surface area contributed by atoms with Gasteiger partial charge in [0.15, 0.2) is 6.61 Å². The van der Waals surface area contributed by atoms with E-state index in [9.17, 15) is 9.18 Å². The van der Waals surface area contributed by atoms with Gasteiger partial charge in [0.25, 0.3) is 5.89 Å². The third-order valence-corrected chi connectivity index (χ3v) is 1.90. The van der Waals surface area contributed by atoms with E-state index >= 15 is 0 Å². The van der Waals surface area contributed by atoms with Crippen LogP contribution in [0.1, 0.15) is 5.89 Å². The van der Waals surface area contributed by atoms with E-state index in [2.05, 4.69) is 14.9 Å². The molecule has 0 unspecified atom stereocenters. The number of hydrogen-bond acceptors (Lipinski definition) is 5. The van der Waals surface area contributed by atoms with E-state index in [0.717, 1.165) is 0 Å². The number of halogens is 1. The molecule has 0 bridgehead atoms. The first-order valence-corrected chi connectivity index (χ1v) is 4.65. The van der Waals surface area contributed by atoms with Crippen LogP contribution in [-0.2, 0) is 11.3 Å². The SMILES string of the molecule is NC(=O)OCc1nnc(-c2ccc(F)cc2)o1. The van der Waals surface area contributed by atoms with Crippen LogP contribution in [0.15, 0.2) is 28.7 Å². The first kappa shape index (κ1) is 11.1. The molecule has 1 aromatic heterocycles. The van der Waals surface area contributed by atoms with Crippen molar-refractivity contribution < 1.29 is 18.3 Å². The summed E-state index contributed by atoms with van der Waals surface area (Å²) in [6.45, 7) is -0.191. The molecule has 2 aromatic rings. The first-order valence-electron chi connectivity index (χ1n) is 4.65. The van der Waals surface area contributed by atoms with E-state index in [1.807, 2.05) is 0 Å². The lowest BCUT2D eigenvalue weighted by Gasteiger charge is -1.95. The normalized spacial score (nSPS) is 10.2. The Morgan fingerprint density at radius 3 is 2.71 bits per heavy atom. The molecule has 0 aliphatic rings. The summed E-state index contributed by atoms with van der Waals surface area (Å²) in [5.41, 5.74) is 5.36. The van der Waals surface area contributed by atoms with Crippen LogP contribution in [0, 0.1) is 5.82 Å². The molecular weight excluding hydrogens is 229 g/mol. The molecule has 0 spiro atoms. The Balaban J connectivity index is 2.12. The molecule has 0 fully saturated rings. The fourth-order valence-corrected chi connectivity index (χ4v) is 1.15. The molecule has 7 heteroatoms. The molecule has 1 aromatic carbocycles. The Kier molecular flexibility index (Phi) is 2.99. The topological polar surface area (TPSA) is 91.2 Å². The number of nitrogens with zero attached hydrogens (tertiary/aromatic N) is 2. The minimum atomic E-state index is -0.925. The number of amides is 1. The zero-order valence-electron chi connectivity index (χ0n) is 8.59. The predicted octanol–water partition coefficient (Wildman–Crippen LogP) is 1.47. The van der Waals surface area contributed by atoms with Gasteiger partial charge in [-0.2, -0.15) is 0 Å². The Bertz CT molecular complexity index is 524. The standard InChI is InChI=1S/C10H8FN3O3/c11-7-3-1-6(2-4-7)9-14-13-8(17-9)5-16-10(12)15/h1-4H,5H2,(H2,12,15). The predicted molar refractivity (Wildman–Crippen MR) is 54.1 cm³/mol. The van der Waals surface area contributed by atoms with Crippen LogP contribution in [0.4, 0.5) is 9.18 Å². The van der Waals surface area contributed by atoms with Crippen molar-refractivity contribution in [1.82, 2.24) is 10.2 Å². The van der Waals surface area contributed by atoms with Crippen molar-refractivity contribution in [2.75, 3.05) is 0 Å². The van der Waals surface area contributed by atoms with Gasteiger partial charge in [0.1, 0.15) is 5.82 Å². The number of carbonyl (C=O) groups is 1. The van der Waals surface area contributed by atoms with Crippen LogP contribution >= 0.6 is 0 Å². The monoisotopic (exact) mass is 237 g/mol. The average Bonchev–Trinajstić information content (AvgIpc) is 2.76. The summed E-state index contributed by atoms with van der Waals surface area (Å²) in [4.78, 5) is 10.4. The van der Waals surface area contributed by atoms with Crippen molar-refractivity contribution in [3.63, 3.8) is 0 Å². The van der Waals surface area contributed by atoms with Gasteiger partial charge in [-0.25, -0.2) is 9.18 Å². The molecule has 0 radical (unpaired) electrons. The fourth-order valence-electron chi connectivity index (χ4n) is 1.15. The van der Waals surface area contributed by atoms with Crippen LogP contribution in [-0.4, -0.2) is 16.3 Å². The van der Waals surface area contributed by atoms with Gasteiger partial charge in [-0.3, -0.25) is 0 Å². The summed E-state index contributed by atoms with van der Waals surface area (Å²) < 4.78 is 22.3. The smallest absolute Gasteiger partial charge is 0.405 e. The van der Waals surface area contributed by atoms with Gasteiger partial charge in [0, 0.05) is 5.56 Å². The van der Waals surface area contributed by atoms with Crippen LogP contribution in [0.25, 0.3) is 11.5 Å². The Morgan fingerprint density at radius 2 is 2.06 bits per heavy atom. The van der Waals surface area contributed by atoms with Crippen LogP contribution in [0.2, 0.25) is 0 Å². The molecule has 2 rings (SSSR count). The van der Waals surface area contributed by atoms with Crippen molar-refractivity contribution in [2.45, 2.75) is 6.61 Å². The number of primary amides is 1. The number of aromatic nitrogens is 2. The summed E-state index contributed by atoms with van der Waals surface area (Å²) in [6.07, 6.45) is -0.925. The Labute approximate surface area is 95.2 Å². The first-order chi connectivity index (χ1) is 8.15. The highest BCUT2D eigenvalue weighted by atomic mass is 19.1. The number of hydrogen-bond donors (Lipinski definition) is 1. The molecule has 1 heterocycles. The number of rotatable bonds is 3. The van der Waals surface area contributed by atoms with Crippen LogP contribution < -0.4 is 5.73 Å². The largest absolute Gasteiger partial charge is 0.440 e. The fraction of sp³-hybridized carbons (Fsp3) is 0.100. The number of ether oxygens (including phenoxy) is 1. The lowest BCUT2D eigenvalue weighted by Crippen LogP contribution is -2.12. The minimum absolute atomic E-state index is 0.114. The van der Waals surface area contributed by atoms with E-state index in [-0.39, 0.29) is 24.2 Å². The zero-order valence-corrected chi connectivity index (χ0v) is 8.59. The van der Waals surface area contributed by atoms with Gasteiger partial charge in [0.2, 0.25) is 5.89 Å². The van der Waals surface area contributed by atoms with E-state index in [1.54, 1.807) is 0 Å². The maximum absolute atomic E-state index is 12.7. The maximum atomic E-state index is 12.7. The summed E-state index contributed by atoms with van der Waals surface area (Å²) in [7, 11) is 0. The molecule has 0 atom stereocenters. The summed E-state index contributed by atoms with van der Waals surface area (Å²) in [5, 5.41) is 7.37. The molecule has 0 aliphatic carbocycles. The van der Waals surface area contributed by atoms with Crippen molar-refractivity contribution >= 4 is 6.09 Å². The quantitative estimate of drug-likeness (QED) is 0.872. The third-order valence-electron chi connectivity index (χ3n) is 1.90. The van der Waals surface area contributed by atoms with Crippen molar-refractivity contribution in [3.8, 4) is 11.5 Å². The number of carbonyl (C=O) groups excluding carboxylic acids is 1. The molecule has 2 N–H and O–H groups in total. The van der Waals surface area contributed by atoms with Crippen molar-refractivity contribution in [2.24, 2.45) is 5.73 Å². The van der Waals surface area contributed by atoms with E-state index in [1.165, 1.54) is 24.3 Å². The molecule has 0 saturated carbocycles. The lowest BCUT2D eigenvalue weighted by atomic mass is 10.2. The van der Waals surface area contributed by atoms with Gasteiger partial charge in [-0.1, -0.05) is 0 Å². The minimum Gasteiger partial charge on any atom is -0.440 e. The Hall–Kier alpha value is -2.44. The third kappa shape index (κ3) is 2.77. The van der Waals surface area contributed by atoms with Gasteiger partial charge in [-0.05, 0) is 24.3 Å². The van der Waals surface area contributed by atoms with Crippen molar-refractivity contribution in [3.05, 3.63) is 36.0 Å². The van der Waals surface area contributed by atoms with E-state index < -0.39 is 6.09 Å². The summed E-state index contributed by atoms with van der Waals surface area (Å²) in [5.74, 6) is -0.0262. The molecule has 0 saturated heterocycles. The zero-order chi connectivity index (χ0) is 12.3. The Morgan fingerprint density at radius 1 is 1.35 bits per heavy atom. The highest BCUT2D eigenvalue weighted by molar-refractivity contribution is 5.64. The lowest BCUT2D eigenvalue weighted by molar-refractivity contribution is 0.139. The van der Waals surface area contributed by atoms with Crippen LogP contribution in [0.3, 0.4) is 0 Å². The average molecular weight is 237 g/mol. The second-order valence-electron chi connectivity index (χ2n) is 3.12. The van der Waals surface area contributed by atoms with E-state index in [0.29, 0.717) is 5.56 Å². The molecule has 88 valence electrons. The summed E-state index contributed by atoms with van der Waals surface area (Å²) >= 11 is 0. The summed E-state index contributed by atoms with van der Waals surface area (Å²) in [6, 6.07) is 5.56.